The molecule has 1 aromatic heterocycles. The van der Waals surface area contributed by atoms with Crippen LogP contribution in [0.15, 0.2) is 88.8 Å². The third-order valence-corrected chi connectivity index (χ3v) is 7.26. The summed E-state index contributed by atoms with van der Waals surface area (Å²) in [5.41, 5.74) is 3.51. The second-order valence-electron chi connectivity index (χ2n) is 10.6. The predicted molar refractivity (Wildman–Crippen MR) is 176 cm³/mol. The second kappa shape index (κ2) is 13.7. The lowest BCUT2D eigenvalue weighted by molar-refractivity contribution is -0.118. The van der Waals surface area contributed by atoms with Gasteiger partial charge in [-0.05, 0) is 91.6 Å². The van der Waals surface area contributed by atoms with E-state index < -0.39 is 11.7 Å². The zero-order valence-electron chi connectivity index (χ0n) is 25.3. The van der Waals surface area contributed by atoms with Crippen LogP contribution in [0.5, 0.6) is 11.5 Å². The van der Waals surface area contributed by atoms with Gasteiger partial charge in [0.25, 0.3) is 11.5 Å². The van der Waals surface area contributed by atoms with Crippen molar-refractivity contribution in [3.63, 3.8) is 0 Å². The molecule has 4 aromatic carbocycles. The number of anilines is 1. The van der Waals surface area contributed by atoms with Crippen molar-refractivity contribution in [2.45, 2.75) is 33.6 Å². The van der Waals surface area contributed by atoms with Crippen molar-refractivity contribution in [2.75, 3.05) is 18.5 Å². The van der Waals surface area contributed by atoms with Gasteiger partial charge in [0.1, 0.15) is 17.3 Å². The lowest BCUT2D eigenvalue weighted by Crippen LogP contribution is -2.21. The largest absolute Gasteiger partial charge is 0.494 e. The number of aromatic nitrogens is 2. The summed E-state index contributed by atoms with van der Waals surface area (Å²) in [6, 6.07) is 21.5. The van der Waals surface area contributed by atoms with E-state index in [4.69, 9.17) is 26.1 Å². The van der Waals surface area contributed by atoms with Gasteiger partial charge in [-0.15, -0.1) is 0 Å². The van der Waals surface area contributed by atoms with E-state index in [1.165, 1.54) is 29.1 Å². The van der Waals surface area contributed by atoms with E-state index in [9.17, 15) is 14.0 Å². The van der Waals surface area contributed by atoms with E-state index in [0.29, 0.717) is 45.4 Å². The Kier molecular flexibility index (Phi) is 9.59. The Morgan fingerprint density at radius 2 is 1.84 bits per heavy atom. The first-order valence-corrected chi connectivity index (χ1v) is 14.8. The predicted octanol–water partition coefficient (Wildman–Crippen LogP) is 7.59. The number of nitrogens with zero attached hydrogens (tertiary/aromatic N) is 3. The summed E-state index contributed by atoms with van der Waals surface area (Å²) in [5.74, 6) is 0.649. The molecule has 0 saturated heterocycles. The molecule has 0 bridgehead atoms. The van der Waals surface area contributed by atoms with Gasteiger partial charge < -0.3 is 14.8 Å². The number of carbonyl (C=O) groups excluding carboxylic acids is 1. The minimum Gasteiger partial charge on any atom is -0.494 e. The van der Waals surface area contributed by atoms with Gasteiger partial charge in [-0.2, -0.15) is 9.78 Å². The molecular weight excluding hydrogens is 595 g/mol. The Balaban J connectivity index is 1.55. The SMILES string of the molecule is CCOc1cc(C)c(-c2nc3ccccc3c(=O)n2N=Cc2cc(Cl)ccc2OCC(=O)Nc2cccc(F)c2)cc1C(C)C. The smallest absolute Gasteiger partial charge is 0.282 e. The van der Waals surface area contributed by atoms with Crippen LogP contribution in [0.2, 0.25) is 5.02 Å². The highest BCUT2D eigenvalue weighted by atomic mass is 35.5. The molecule has 1 heterocycles. The van der Waals surface area contributed by atoms with Gasteiger partial charge in [0.05, 0.1) is 23.7 Å². The van der Waals surface area contributed by atoms with Crippen molar-refractivity contribution >= 4 is 40.3 Å². The van der Waals surface area contributed by atoms with Crippen LogP contribution in [0, 0.1) is 12.7 Å². The Labute approximate surface area is 265 Å². The second-order valence-corrected chi connectivity index (χ2v) is 11.1. The van der Waals surface area contributed by atoms with E-state index in [0.717, 1.165) is 22.4 Å². The molecule has 0 unspecified atom stereocenters. The molecular formula is C35H32ClFN4O4. The molecule has 5 aromatic rings. The molecule has 0 spiro atoms. The quantitative estimate of drug-likeness (QED) is 0.161. The average molecular weight is 627 g/mol. The highest BCUT2D eigenvalue weighted by Gasteiger charge is 2.19. The van der Waals surface area contributed by atoms with Crippen LogP contribution in [0.4, 0.5) is 10.1 Å². The topological polar surface area (TPSA) is 94.8 Å². The number of para-hydroxylation sites is 1. The van der Waals surface area contributed by atoms with Gasteiger partial charge >= 0.3 is 0 Å². The summed E-state index contributed by atoms with van der Waals surface area (Å²) < 4.78 is 26.5. The molecule has 0 radical (unpaired) electrons. The summed E-state index contributed by atoms with van der Waals surface area (Å²) >= 11 is 6.30. The maximum absolute atomic E-state index is 13.9. The number of benzene rings is 4. The molecule has 8 nitrogen and oxygen atoms in total. The van der Waals surface area contributed by atoms with Gasteiger partial charge in [0, 0.05) is 21.8 Å². The van der Waals surface area contributed by atoms with Crippen molar-refractivity contribution in [3.05, 3.63) is 117 Å². The first kappa shape index (κ1) is 31.4. The van der Waals surface area contributed by atoms with E-state index in [1.807, 2.05) is 32.0 Å². The zero-order chi connectivity index (χ0) is 32.1. The standard InChI is InChI=1S/C35H32ClFN4O4/c1-5-44-32-15-22(4)29(18-28(32)21(2)3)34-40-30-12-7-6-11-27(30)35(43)41(34)38-19-23-16-24(36)13-14-31(23)45-20-33(42)39-26-10-8-9-25(37)17-26/h6-19,21H,5,20H2,1-4H3,(H,39,42). The third kappa shape index (κ3) is 7.21. The van der Waals surface area contributed by atoms with Gasteiger partial charge in [0.2, 0.25) is 0 Å². The fourth-order valence-electron chi connectivity index (χ4n) is 4.85. The average Bonchev–Trinajstić information content (AvgIpc) is 3.00. The van der Waals surface area contributed by atoms with Crippen molar-refractivity contribution in [2.24, 2.45) is 5.10 Å². The normalized spacial score (nSPS) is 11.4. The Morgan fingerprint density at radius 3 is 2.60 bits per heavy atom. The maximum Gasteiger partial charge on any atom is 0.282 e. The van der Waals surface area contributed by atoms with Gasteiger partial charge in [0.15, 0.2) is 12.4 Å². The van der Waals surface area contributed by atoms with Crippen molar-refractivity contribution in [1.29, 1.82) is 0 Å². The number of rotatable bonds is 10. The fourth-order valence-corrected chi connectivity index (χ4v) is 5.03. The maximum atomic E-state index is 13.9. The van der Waals surface area contributed by atoms with Crippen LogP contribution in [-0.2, 0) is 4.79 Å². The van der Waals surface area contributed by atoms with E-state index >= 15 is 0 Å². The number of nitrogens with one attached hydrogen (secondary N) is 1. The molecule has 5 rings (SSSR count). The number of halogens is 2. The Morgan fingerprint density at radius 1 is 1.04 bits per heavy atom. The fraction of sp³-hybridized carbons (Fsp3) is 0.200. The van der Waals surface area contributed by atoms with Gasteiger partial charge in [-0.1, -0.05) is 43.6 Å². The molecule has 230 valence electrons. The number of ether oxygens (including phenoxy) is 2. The molecule has 1 N–H and O–H groups in total. The molecule has 0 atom stereocenters. The summed E-state index contributed by atoms with van der Waals surface area (Å²) in [6.45, 7) is 8.21. The number of aryl methyl sites for hydroxylation is 1. The first-order chi connectivity index (χ1) is 21.6. The molecule has 0 saturated carbocycles. The third-order valence-electron chi connectivity index (χ3n) is 7.02. The van der Waals surface area contributed by atoms with E-state index in [1.54, 1.807) is 42.5 Å². The highest BCUT2D eigenvalue weighted by molar-refractivity contribution is 6.30. The molecule has 45 heavy (non-hydrogen) atoms. The van der Waals surface area contributed by atoms with Crippen LogP contribution in [0.1, 0.15) is 43.4 Å². The van der Waals surface area contributed by atoms with Crippen molar-refractivity contribution < 1.29 is 18.7 Å². The minimum atomic E-state index is -0.484. The first-order valence-electron chi connectivity index (χ1n) is 14.5. The summed E-state index contributed by atoms with van der Waals surface area (Å²) in [6.07, 6.45) is 1.44. The van der Waals surface area contributed by atoms with Crippen LogP contribution < -0.4 is 20.3 Å². The minimum absolute atomic E-state index is 0.152. The van der Waals surface area contributed by atoms with Crippen LogP contribution >= 0.6 is 11.6 Å². The number of carbonyl (C=O) groups is 1. The van der Waals surface area contributed by atoms with Crippen molar-refractivity contribution in [1.82, 2.24) is 9.66 Å². The highest BCUT2D eigenvalue weighted by Crippen LogP contribution is 2.34. The lowest BCUT2D eigenvalue weighted by Gasteiger charge is -2.18. The Bertz CT molecular complexity index is 1970. The summed E-state index contributed by atoms with van der Waals surface area (Å²) in [4.78, 5) is 31.2. The molecule has 0 aliphatic carbocycles. The summed E-state index contributed by atoms with van der Waals surface area (Å²) in [5, 5.41) is 7.99. The number of hydrogen-bond acceptors (Lipinski definition) is 6. The molecule has 0 fully saturated rings. The van der Waals surface area contributed by atoms with E-state index in [-0.39, 0.29) is 18.1 Å². The molecule has 0 aliphatic rings. The van der Waals surface area contributed by atoms with Crippen molar-refractivity contribution in [3.8, 4) is 22.9 Å². The molecule has 10 heteroatoms. The number of hydrogen-bond donors (Lipinski definition) is 1. The van der Waals surface area contributed by atoms with Crippen LogP contribution in [-0.4, -0.2) is 35.0 Å². The van der Waals surface area contributed by atoms with Gasteiger partial charge in [-0.25, -0.2) is 9.37 Å². The lowest BCUT2D eigenvalue weighted by atomic mass is 9.96. The van der Waals surface area contributed by atoms with Crippen LogP contribution in [0.3, 0.4) is 0 Å². The number of fused-ring (bicyclic) bond motifs is 1. The Hall–Kier alpha value is -5.02. The number of amides is 1. The monoisotopic (exact) mass is 626 g/mol. The molecule has 0 aliphatic heterocycles. The van der Waals surface area contributed by atoms with Gasteiger partial charge in [-0.3, -0.25) is 9.59 Å². The van der Waals surface area contributed by atoms with E-state index in [2.05, 4.69) is 24.3 Å². The van der Waals surface area contributed by atoms with Crippen LogP contribution in [0.25, 0.3) is 22.3 Å². The summed E-state index contributed by atoms with van der Waals surface area (Å²) in [7, 11) is 0. The molecule has 1 amide bonds. The zero-order valence-corrected chi connectivity index (χ0v) is 26.1.